The topological polar surface area (TPSA) is 38.8 Å². The molecule has 2 aromatic rings. The number of amides is 1. The molecule has 2 aromatic carbocycles. The Morgan fingerprint density at radius 3 is 2.21 bits per heavy atom. The van der Waals surface area contributed by atoms with E-state index in [-0.39, 0.29) is 12.0 Å². The Morgan fingerprint density at radius 1 is 1.04 bits per heavy atom. The van der Waals surface area contributed by atoms with Crippen LogP contribution in [0.4, 0.5) is 0 Å². The van der Waals surface area contributed by atoms with Gasteiger partial charge in [-0.15, -0.1) is 0 Å². The third kappa shape index (κ3) is 5.46. The molecule has 0 N–H and O–H groups in total. The molecule has 0 radical (unpaired) electrons. The van der Waals surface area contributed by atoms with Gasteiger partial charge in [0.1, 0.15) is 18.1 Å². The maximum absolute atomic E-state index is 12.4. The molecule has 0 heterocycles. The third-order valence-corrected chi connectivity index (χ3v) is 3.58. The van der Waals surface area contributed by atoms with Gasteiger partial charge in [0.15, 0.2) is 0 Å². The van der Waals surface area contributed by atoms with Crippen molar-refractivity contribution in [3.8, 4) is 11.5 Å². The van der Waals surface area contributed by atoms with Crippen molar-refractivity contribution in [2.45, 2.75) is 20.0 Å². The molecule has 5 heteroatoms. The maximum atomic E-state index is 12.4. The minimum Gasteiger partial charge on any atom is -0.492 e. The summed E-state index contributed by atoms with van der Waals surface area (Å²) in [6.07, 6.45) is 0.110. The highest BCUT2D eigenvalue weighted by molar-refractivity contribution is 6.30. The average molecular weight is 348 g/mol. The van der Waals surface area contributed by atoms with E-state index < -0.39 is 0 Å². The zero-order valence-electron chi connectivity index (χ0n) is 14.2. The van der Waals surface area contributed by atoms with E-state index in [1.165, 1.54) is 0 Å². The maximum Gasteiger partial charge on any atom is 0.253 e. The number of benzene rings is 2. The van der Waals surface area contributed by atoms with E-state index in [0.717, 1.165) is 11.5 Å². The molecule has 24 heavy (non-hydrogen) atoms. The molecule has 0 saturated carbocycles. The Hall–Kier alpha value is -2.20. The van der Waals surface area contributed by atoms with Gasteiger partial charge in [0.05, 0.1) is 12.6 Å². The van der Waals surface area contributed by atoms with Crippen LogP contribution >= 0.6 is 11.6 Å². The first-order chi connectivity index (χ1) is 11.5. The average Bonchev–Trinajstić information content (AvgIpc) is 2.56. The van der Waals surface area contributed by atoms with E-state index in [9.17, 15) is 4.79 Å². The number of hydrogen-bond acceptors (Lipinski definition) is 3. The van der Waals surface area contributed by atoms with Crippen LogP contribution in [-0.4, -0.2) is 37.1 Å². The number of ether oxygens (including phenoxy) is 2. The van der Waals surface area contributed by atoms with Crippen LogP contribution in [0.5, 0.6) is 11.5 Å². The van der Waals surface area contributed by atoms with Crippen LogP contribution in [0.2, 0.25) is 5.02 Å². The molecular weight excluding hydrogens is 326 g/mol. The van der Waals surface area contributed by atoms with Gasteiger partial charge in [-0.1, -0.05) is 11.6 Å². The standard InChI is InChI=1S/C19H22ClNO3/c1-14(2)24-18-8-4-15(5-9-18)19(22)21(3)12-13-23-17-10-6-16(20)7-11-17/h4-11,14H,12-13H2,1-3H3. The molecule has 2 rings (SSSR count). The van der Waals surface area contributed by atoms with Crippen molar-refractivity contribution in [1.29, 1.82) is 0 Å². The number of hydrogen-bond donors (Lipinski definition) is 0. The molecular formula is C19H22ClNO3. The van der Waals surface area contributed by atoms with Crippen LogP contribution in [0.25, 0.3) is 0 Å². The smallest absolute Gasteiger partial charge is 0.253 e. The minimum absolute atomic E-state index is 0.0502. The van der Waals surface area contributed by atoms with Crippen molar-refractivity contribution in [3.63, 3.8) is 0 Å². The van der Waals surface area contributed by atoms with E-state index in [1.807, 2.05) is 26.0 Å². The second-order valence-electron chi connectivity index (χ2n) is 5.72. The van der Waals surface area contributed by atoms with Gasteiger partial charge in [-0.3, -0.25) is 4.79 Å². The van der Waals surface area contributed by atoms with E-state index in [2.05, 4.69) is 0 Å². The first-order valence-corrected chi connectivity index (χ1v) is 8.24. The van der Waals surface area contributed by atoms with Crippen molar-refractivity contribution < 1.29 is 14.3 Å². The molecule has 4 nitrogen and oxygen atoms in total. The highest BCUT2D eigenvalue weighted by atomic mass is 35.5. The molecule has 128 valence electrons. The number of carbonyl (C=O) groups is 1. The fourth-order valence-electron chi connectivity index (χ4n) is 2.10. The summed E-state index contributed by atoms with van der Waals surface area (Å²) in [5, 5.41) is 0.666. The lowest BCUT2D eigenvalue weighted by atomic mass is 10.2. The summed E-state index contributed by atoms with van der Waals surface area (Å²) in [6, 6.07) is 14.3. The number of nitrogens with zero attached hydrogens (tertiary/aromatic N) is 1. The Kier molecular flexibility index (Phi) is 6.50. The Bertz CT molecular complexity index is 653. The van der Waals surface area contributed by atoms with Gasteiger partial charge in [-0.05, 0) is 62.4 Å². The van der Waals surface area contributed by atoms with Gasteiger partial charge >= 0.3 is 0 Å². The first kappa shape index (κ1) is 18.1. The van der Waals surface area contributed by atoms with Crippen LogP contribution in [-0.2, 0) is 0 Å². The second-order valence-corrected chi connectivity index (χ2v) is 6.16. The summed E-state index contributed by atoms with van der Waals surface area (Å²) in [5.74, 6) is 1.44. The lowest BCUT2D eigenvalue weighted by molar-refractivity contribution is 0.0773. The van der Waals surface area contributed by atoms with Gasteiger partial charge in [0.25, 0.3) is 5.91 Å². The first-order valence-electron chi connectivity index (χ1n) is 7.86. The zero-order chi connectivity index (χ0) is 17.5. The molecule has 0 aliphatic carbocycles. The highest BCUT2D eigenvalue weighted by Crippen LogP contribution is 2.16. The highest BCUT2D eigenvalue weighted by Gasteiger charge is 2.12. The minimum atomic E-state index is -0.0502. The molecule has 0 atom stereocenters. The van der Waals surface area contributed by atoms with Crippen LogP contribution < -0.4 is 9.47 Å². The molecule has 0 aliphatic rings. The second kappa shape index (κ2) is 8.60. The lowest BCUT2D eigenvalue weighted by Crippen LogP contribution is -2.30. The van der Waals surface area contributed by atoms with Gasteiger partial charge in [-0.2, -0.15) is 0 Å². The lowest BCUT2D eigenvalue weighted by Gasteiger charge is -2.18. The molecule has 0 aromatic heterocycles. The molecule has 1 amide bonds. The van der Waals surface area contributed by atoms with Crippen LogP contribution in [0.3, 0.4) is 0 Å². The van der Waals surface area contributed by atoms with E-state index in [1.54, 1.807) is 48.3 Å². The van der Waals surface area contributed by atoms with Crippen molar-refractivity contribution in [3.05, 3.63) is 59.1 Å². The molecule has 0 fully saturated rings. The van der Waals surface area contributed by atoms with Crippen LogP contribution in [0, 0.1) is 0 Å². The van der Waals surface area contributed by atoms with E-state index in [4.69, 9.17) is 21.1 Å². The fraction of sp³-hybridized carbons (Fsp3) is 0.316. The Balaban J connectivity index is 1.84. The predicted molar refractivity (Wildman–Crippen MR) is 96.1 cm³/mol. The summed E-state index contributed by atoms with van der Waals surface area (Å²) in [5.41, 5.74) is 0.625. The quantitative estimate of drug-likeness (QED) is 0.750. The molecule has 0 aliphatic heterocycles. The zero-order valence-corrected chi connectivity index (χ0v) is 14.9. The van der Waals surface area contributed by atoms with Gasteiger partial charge in [-0.25, -0.2) is 0 Å². The normalized spacial score (nSPS) is 10.5. The van der Waals surface area contributed by atoms with E-state index >= 15 is 0 Å². The summed E-state index contributed by atoms with van der Waals surface area (Å²) < 4.78 is 11.2. The summed E-state index contributed by atoms with van der Waals surface area (Å²) >= 11 is 5.83. The van der Waals surface area contributed by atoms with Gasteiger partial charge < -0.3 is 14.4 Å². The van der Waals surface area contributed by atoms with Crippen molar-refractivity contribution >= 4 is 17.5 Å². The Morgan fingerprint density at radius 2 is 1.62 bits per heavy atom. The van der Waals surface area contributed by atoms with Crippen molar-refractivity contribution in [1.82, 2.24) is 4.90 Å². The van der Waals surface area contributed by atoms with Gasteiger partial charge in [0.2, 0.25) is 0 Å². The molecule has 0 bridgehead atoms. The van der Waals surface area contributed by atoms with E-state index in [0.29, 0.717) is 23.7 Å². The van der Waals surface area contributed by atoms with Crippen LogP contribution in [0.15, 0.2) is 48.5 Å². The number of rotatable bonds is 7. The van der Waals surface area contributed by atoms with Crippen molar-refractivity contribution in [2.75, 3.05) is 20.2 Å². The number of likely N-dealkylation sites (N-methyl/N-ethyl adjacent to an activating group) is 1. The SMILES string of the molecule is CC(C)Oc1ccc(C(=O)N(C)CCOc2ccc(Cl)cc2)cc1. The largest absolute Gasteiger partial charge is 0.492 e. The monoisotopic (exact) mass is 347 g/mol. The fourth-order valence-corrected chi connectivity index (χ4v) is 2.23. The predicted octanol–water partition coefficient (Wildman–Crippen LogP) is 4.28. The van der Waals surface area contributed by atoms with Crippen molar-refractivity contribution in [2.24, 2.45) is 0 Å². The summed E-state index contributed by atoms with van der Waals surface area (Å²) in [7, 11) is 1.76. The van der Waals surface area contributed by atoms with Gasteiger partial charge in [0, 0.05) is 17.6 Å². The number of halogens is 1. The summed E-state index contributed by atoms with van der Waals surface area (Å²) in [6.45, 7) is 4.84. The Labute approximate surface area is 147 Å². The number of carbonyl (C=O) groups excluding carboxylic acids is 1. The molecule has 0 unspecified atom stereocenters. The molecule has 0 spiro atoms. The molecule has 0 saturated heterocycles. The summed E-state index contributed by atoms with van der Waals surface area (Å²) in [4.78, 5) is 14.0. The third-order valence-electron chi connectivity index (χ3n) is 3.33. The van der Waals surface area contributed by atoms with Crippen LogP contribution in [0.1, 0.15) is 24.2 Å².